The third kappa shape index (κ3) is 3.81. The van der Waals surface area contributed by atoms with Gasteiger partial charge in [0.2, 0.25) is 0 Å². The van der Waals surface area contributed by atoms with Gasteiger partial charge < -0.3 is 10.6 Å². The first-order chi connectivity index (χ1) is 7.67. The van der Waals surface area contributed by atoms with Crippen LogP contribution in [0.15, 0.2) is 24.3 Å². The number of hydrogen-bond acceptors (Lipinski definition) is 1. The van der Waals surface area contributed by atoms with E-state index in [0.29, 0.717) is 5.11 Å². The second-order valence-electron chi connectivity index (χ2n) is 3.94. The van der Waals surface area contributed by atoms with Gasteiger partial charge in [0.1, 0.15) is 0 Å². The highest BCUT2D eigenvalue weighted by molar-refractivity contribution is 7.80. The Balaban J connectivity index is 2.62. The average molecular weight is 236 g/mol. The molecule has 1 aromatic carbocycles. The molecule has 1 rings (SSSR count). The predicted octanol–water partition coefficient (Wildman–Crippen LogP) is 2.79. The van der Waals surface area contributed by atoms with Gasteiger partial charge in [0.25, 0.3) is 0 Å². The lowest BCUT2D eigenvalue weighted by atomic mass is 10.0. The SMILES string of the molecule is CCCc1ccc(C(C)NC(=S)NC)cc1. The van der Waals surface area contributed by atoms with E-state index in [0.717, 1.165) is 6.42 Å². The molecule has 2 nitrogen and oxygen atoms in total. The van der Waals surface area contributed by atoms with E-state index >= 15 is 0 Å². The van der Waals surface area contributed by atoms with Gasteiger partial charge in [-0.15, -0.1) is 0 Å². The maximum Gasteiger partial charge on any atom is 0.166 e. The van der Waals surface area contributed by atoms with Crippen molar-refractivity contribution in [1.82, 2.24) is 10.6 Å². The maximum atomic E-state index is 5.08. The average Bonchev–Trinajstić information content (AvgIpc) is 2.30. The van der Waals surface area contributed by atoms with Gasteiger partial charge in [0.05, 0.1) is 6.04 Å². The molecule has 0 aliphatic carbocycles. The minimum Gasteiger partial charge on any atom is -0.366 e. The first kappa shape index (κ1) is 13.0. The lowest BCUT2D eigenvalue weighted by Gasteiger charge is -2.16. The van der Waals surface area contributed by atoms with Crippen LogP contribution in [0, 0.1) is 0 Å². The Labute approximate surface area is 103 Å². The van der Waals surface area contributed by atoms with Gasteiger partial charge >= 0.3 is 0 Å². The predicted molar refractivity (Wildman–Crippen MR) is 73.6 cm³/mol. The van der Waals surface area contributed by atoms with E-state index in [-0.39, 0.29) is 6.04 Å². The number of rotatable bonds is 4. The maximum absolute atomic E-state index is 5.08. The van der Waals surface area contributed by atoms with Crippen LogP contribution in [-0.2, 0) is 6.42 Å². The zero-order chi connectivity index (χ0) is 12.0. The zero-order valence-corrected chi connectivity index (χ0v) is 11.0. The fourth-order valence-electron chi connectivity index (χ4n) is 1.61. The van der Waals surface area contributed by atoms with Gasteiger partial charge in [-0.25, -0.2) is 0 Å². The first-order valence-corrected chi connectivity index (χ1v) is 6.15. The molecule has 3 heteroatoms. The van der Waals surface area contributed by atoms with Crippen molar-refractivity contribution in [2.24, 2.45) is 0 Å². The second kappa shape index (κ2) is 6.48. The van der Waals surface area contributed by atoms with Crippen LogP contribution in [0.5, 0.6) is 0 Å². The Morgan fingerprint density at radius 3 is 2.44 bits per heavy atom. The fraction of sp³-hybridized carbons (Fsp3) is 0.462. The Kier molecular flexibility index (Phi) is 5.26. The molecule has 1 atom stereocenters. The Morgan fingerprint density at radius 2 is 1.94 bits per heavy atom. The van der Waals surface area contributed by atoms with Crippen molar-refractivity contribution < 1.29 is 0 Å². The number of hydrogen-bond donors (Lipinski definition) is 2. The number of nitrogens with one attached hydrogen (secondary N) is 2. The van der Waals surface area contributed by atoms with Gasteiger partial charge in [0.15, 0.2) is 5.11 Å². The molecular formula is C13H20N2S. The Hall–Kier alpha value is -1.09. The summed E-state index contributed by atoms with van der Waals surface area (Å²) in [7, 11) is 1.83. The first-order valence-electron chi connectivity index (χ1n) is 5.74. The lowest BCUT2D eigenvalue weighted by molar-refractivity contribution is 0.708. The minimum atomic E-state index is 0.246. The Morgan fingerprint density at radius 1 is 1.31 bits per heavy atom. The summed E-state index contributed by atoms with van der Waals surface area (Å²) < 4.78 is 0. The van der Waals surface area contributed by atoms with Gasteiger partial charge in [0, 0.05) is 7.05 Å². The molecule has 0 saturated heterocycles. The summed E-state index contributed by atoms with van der Waals surface area (Å²) in [6, 6.07) is 8.97. The van der Waals surface area contributed by atoms with E-state index in [1.54, 1.807) is 0 Å². The summed E-state index contributed by atoms with van der Waals surface area (Å²) in [6.45, 7) is 4.31. The van der Waals surface area contributed by atoms with Gasteiger partial charge in [-0.1, -0.05) is 37.6 Å². The second-order valence-corrected chi connectivity index (χ2v) is 4.34. The summed E-state index contributed by atoms with van der Waals surface area (Å²) in [6.07, 6.45) is 2.34. The Bertz CT molecular complexity index is 332. The van der Waals surface area contributed by atoms with Gasteiger partial charge in [-0.3, -0.25) is 0 Å². The van der Waals surface area contributed by atoms with Crippen molar-refractivity contribution in [3.05, 3.63) is 35.4 Å². The van der Waals surface area contributed by atoms with Gasteiger partial charge in [-0.2, -0.15) is 0 Å². The molecule has 0 amide bonds. The molecule has 16 heavy (non-hydrogen) atoms. The zero-order valence-electron chi connectivity index (χ0n) is 10.2. The summed E-state index contributed by atoms with van der Waals surface area (Å²) in [4.78, 5) is 0. The molecule has 0 aliphatic heterocycles. The molecule has 1 aromatic rings. The van der Waals surface area contributed by atoms with Crippen LogP contribution in [0.1, 0.15) is 37.4 Å². The highest BCUT2D eigenvalue weighted by Gasteiger charge is 2.05. The van der Waals surface area contributed by atoms with Crippen LogP contribution in [0.4, 0.5) is 0 Å². The number of aryl methyl sites for hydroxylation is 1. The van der Waals surface area contributed by atoms with E-state index in [1.165, 1.54) is 17.5 Å². The van der Waals surface area contributed by atoms with Crippen molar-refractivity contribution in [2.45, 2.75) is 32.7 Å². The molecule has 88 valence electrons. The lowest BCUT2D eigenvalue weighted by Crippen LogP contribution is -2.34. The molecular weight excluding hydrogens is 216 g/mol. The summed E-state index contributed by atoms with van der Waals surface area (Å²) >= 11 is 5.08. The smallest absolute Gasteiger partial charge is 0.166 e. The van der Waals surface area contributed by atoms with E-state index < -0.39 is 0 Å². The monoisotopic (exact) mass is 236 g/mol. The van der Waals surface area contributed by atoms with Crippen molar-refractivity contribution in [3.8, 4) is 0 Å². The van der Waals surface area contributed by atoms with Crippen LogP contribution in [-0.4, -0.2) is 12.2 Å². The summed E-state index contributed by atoms with van der Waals surface area (Å²) in [5.74, 6) is 0. The third-order valence-corrected chi connectivity index (χ3v) is 2.92. The standard InChI is InChI=1S/C13H20N2S/c1-4-5-11-6-8-12(9-7-11)10(2)15-13(16)14-3/h6-10H,4-5H2,1-3H3,(H2,14,15,16). The number of benzene rings is 1. The molecule has 0 heterocycles. The van der Waals surface area contributed by atoms with Crippen LogP contribution >= 0.6 is 12.2 Å². The topological polar surface area (TPSA) is 24.1 Å². The van der Waals surface area contributed by atoms with Crippen molar-refractivity contribution >= 4 is 17.3 Å². The van der Waals surface area contributed by atoms with Crippen LogP contribution in [0.2, 0.25) is 0 Å². The van der Waals surface area contributed by atoms with Crippen molar-refractivity contribution in [3.63, 3.8) is 0 Å². The van der Waals surface area contributed by atoms with E-state index in [9.17, 15) is 0 Å². The minimum absolute atomic E-state index is 0.246. The van der Waals surface area contributed by atoms with Crippen molar-refractivity contribution in [1.29, 1.82) is 0 Å². The molecule has 0 spiro atoms. The van der Waals surface area contributed by atoms with Crippen LogP contribution in [0.3, 0.4) is 0 Å². The number of thiocarbonyl (C=S) groups is 1. The molecule has 1 unspecified atom stereocenters. The molecule has 0 bridgehead atoms. The van der Waals surface area contributed by atoms with E-state index in [4.69, 9.17) is 12.2 Å². The van der Waals surface area contributed by atoms with Crippen molar-refractivity contribution in [2.75, 3.05) is 7.05 Å². The largest absolute Gasteiger partial charge is 0.366 e. The quantitative estimate of drug-likeness (QED) is 0.786. The summed E-state index contributed by atoms with van der Waals surface area (Å²) in [5, 5.41) is 6.82. The van der Waals surface area contributed by atoms with Crippen LogP contribution in [0.25, 0.3) is 0 Å². The van der Waals surface area contributed by atoms with Gasteiger partial charge in [-0.05, 0) is 36.7 Å². The van der Waals surface area contributed by atoms with E-state index in [1.807, 2.05) is 7.05 Å². The molecule has 0 fully saturated rings. The van der Waals surface area contributed by atoms with E-state index in [2.05, 4.69) is 48.7 Å². The molecule has 2 N–H and O–H groups in total. The molecule has 0 saturated carbocycles. The normalized spacial score (nSPS) is 11.9. The third-order valence-electron chi connectivity index (χ3n) is 2.59. The fourth-order valence-corrected chi connectivity index (χ4v) is 1.79. The van der Waals surface area contributed by atoms with Crippen LogP contribution < -0.4 is 10.6 Å². The highest BCUT2D eigenvalue weighted by atomic mass is 32.1. The summed E-state index contributed by atoms with van der Waals surface area (Å²) in [5.41, 5.74) is 2.66. The molecule has 0 radical (unpaired) electrons. The molecule has 0 aromatic heterocycles. The highest BCUT2D eigenvalue weighted by Crippen LogP contribution is 2.14. The molecule has 0 aliphatic rings.